The third-order valence-electron chi connectivity index (χ3n) is 3.75. The Morgan fingerprint density at radius 3 is 2.64 bits per heavy atom. The van der Waals surface area contributed by atoms with Crippen molar-refractivity contribution < 1.29 is 4.79 Å². The van der Waals surface area contributed by atoms with Crippen LogP contribution in [0.25, 0.3) is 0 Å². The zero-order chi connectivity index (χ0) is 10.3. The minimum atomic E-state index is 0.266. The zero-order valence-electron chi connectivity index (χ0n) is 9.36. The number of carbonyl (C=O) groups is 1. The molecule has 3 atom stereocenters. The summed E-state index contributed by atoms with van der Waals surface area (Å²) in [4.78, 5) is 16.5. The molecule has 0 radical (unpaired) electrons. The van der Waals surface area contributed by atoms with Gasteiger partial charge in [-0.05, 0) is 34.0 Å². The maximum Gasteiger partial charge on any atom is 0.143 e. The topological polar surface area (TPSA) is 23.6 Å². The molecule has 80 valence electrons. The average molecular weight is 196 g/mol. The highest BCUT2D eigenvalue weighted by molar-refractivity contribution is 5.86. The minimum absolute atomic E-state index is 0.266. The summed E-state index contributed by atoms with van der Waals surface area (Å²) in [5, 5.41) is 0. The van der Waals surface area contributed by atoms with Crippen LogP contribution in [0.3, 0.4) is 0 Å². The number of hydrogen-bond acceptors (Lipinski definition) is 3. The van der Waals surface area contributed by atoms with Crippen molar-refractivity contribution in [2.45, 2.75) is 18.9 Å². The van der Waals surface area contributed by atoms with Crippen LogP contribution in [0.2, 0.25) is 0 Å². The van der Waals surface area contributed by atoms with Gasteiger partial charge >= 0.3 is 0 Å². The number of hydrogen-bond donors (Lipinski definition) is 0. The highest BCUT2D eigenvalue weighted by Gasteiger charge is 2.42. The fourth-order valence-corrected chi connectivity index (χ4v) is 3.01. The van der Waals surface area contributed by atoms with Gasteiger partial charge < -0.3 is 9.80 Å². The first-order valence-corrected chi connectivity index (χ1v) is 5.48. The Morgan fingerprint density at radius 1 is 1.29 bits per heavy atom. The van der Waals surface area contributed by atoms with Gasteiger partial charge in [0.15, 0.2) is 0 Å². The van der Waals surface area contributed by atoms with E-state index < -0.39 is 0 Å². The lowest BCUT2D eigenvalue weighted by Crippen LogP contribution is -2.56. The third-order valence-corrected chi connectivity index (χ3v) is 3.75. The summed E-state index contributed by atoms with van der Waals surface area (Å²) in [6.07, 6.45) is 2.28. The monoisotopic (exact) mass is 196 g/mol. The van der Waals surface area contributed by atoms with Crippen molar-refractivity contribution in [3.05, 3.63) is 0 Å². The van der Waals surface area contributed by atoms with Crippen molar-refractivity contribution in [2.24, 2.45) is 11.8 Å². The number of likely N-dealkylation sites (tertiary alicyclic amines) is 1. The molecule has 14 heavy (non-hydrogen) atoms. The Kier molecular flexibility index (Phi) is 2.62. The summed E-state index contributed by atoms with van der Waals surface area (Å²) in [6, 6.07) is 0.474. The molecule has 0 N–H and O–H groups in total. The van der Waals surface area contributed by atoms with E-state index in [1.165, 1.54) is 6.42 Å². The van der Waals surface area contributed by atoms with Crippen molar-refractivity contribution in [3.63, 3.8) is 0 Å². The lowest BCUT2D eigenvalue weighted by atomic mass is 9.73. The van der Waals surface area contributed by atoms with E-state index in [0.717, 1.165) is 19.5 Å². The van der Waals surface area contributed by atoms with Gasteiger partial charge in [-0.2, -0.15) is 0 Å². The van der Waals surface area contributed by atoms with Crippen LogP contribution in [-0.4, -0.2) is 55.9 Å². The molecule has 2 aliphatic rings. The molecule has 2 bridgehead atoms. The van der Waals surface area contributed by atoms with Gasteiger partial charge in [0.05, 0.1) is 0 Å². The van der Waals surface area contributed by atoms with E-state index in [4.69, 9.17) is 0 Å². The van der Waals surface area contributed by atoms with Crippen LogP contribution in [0.1, 0.15) is 12.8 Å². The molecule has 3 nitrogen and oxygen atoms in total. The number of ketones is 1. The second-order valence-corrected chi connectivity index (χ2v) is 5.04. The fourth-order valence-electron chi connectivity index (χ4n) is 3.01. The second kappa shape index (κ2) is 3.63. The lowest BCUT2D eigenvalue weighted by Gasteiger charge is -2.45. The van der Waals surface area contributed by atoms with E-state index in [-0.39, 0.29) is 5.92 Å². The van der Waals surface area contributed by atoms with E-state index >= 15 is 0 Å². The van der Waals surface area contributed by atoms with E-state index in [1.54, 1.807) is 0 Å². The summed E-state index contributed by atoms with van der Waals surface area (Å²) in [7, 11) is 6.31. The summed E-state index contributed by atoms with van der Waals surface area (Å²) in [5.74, 6) is 1.12. The van der Waals surface area contributed by atoms with Gasteiger partial charge in [0, 0.05) is 31.0 Å². The lowest BCUT2D eigenvalue weighted by molar-refractivity contribution is -0.137. The Morgan fingerprint density at radius 2 is 2.00 bits per heavy atom. The Hall–Kier alpha value is -0.410. The van der Waals surface area contributed by atoms with Crippen LogP contribution in [0.15, 0.2) is 0 Å². The zero-order valence-corrected chi connectivity index (χ0v) is 9.36. The van der Waals surface area contributed by atoms with Crippen LogP contribution in [0, 0.1) is 11.8 Å². The third kappa shape index (κ3) is 1.59. The predicted octanol–water partition coefficient (Wildman–Crippen LogP) is 0.457. The van der Waals surface area contributed by atoms with E-state index in [0.29, 0.717) is 17.7 Å². The van der Waals surface area contributed by atoms with Gasteiger partial charge in [-0.25, -0.2) is 0 Å². The number of Topliss-reactive ketones (excluding diaryl/α,β-unsaturated/α-hetero) is 1. The molecule has 1 heterocycles. The van der Waals surface area contributed by atoms with Crippen molar-refractivity contribution in [1.29, 1.82) is 0 Å². The number of nitrogens with zero attached hydrogens (tertiary/aromatic N) is 2. The summed E-state index contributed by atoms with van der Waals surface area (Å²) in [5.41, 5.74) is 0. The molecule has 3 unspecified atom stereocenters. The minimum Gasteiger partial charge on any atom is -0.306 e. The largest absolute Gasteiger partial charge is 0.306 e. The maximum absolute atomic E-state index is 12.0. The molecule has 3 heteroatoms. The Balaban J connectivity index is 2.16. The maximum atomic E-state index is 12.0. The number of fused-ring (bicyclic) bond motifs is 2. The summed E-state index contributed by atoms with van der Waals surface area (Å²) >= 11 is 0. The first kappa shape index (κ1) is 10.1. The average Bonchev–Trinajstić information content (AvgIpc) is 2.07. The SMILES string of the molecule is CN1CC2CCC(N(C)C)C(C1)C2=O. The Labute approximate surface area is 86.1 Å². The summed E-state index contributed by atoms with van der Waals surface area (Å²) < 4.78 is 0. The number of rotatable bonds is 1. The molecular weight excluding hydrogens is 176 g/mol. The van der Waals surface area contributed by atoms with Gasteiger partial charge in [-0.15, -0.1) is 0 Å². The van der Waals surface area contributed by atoms with Crippen LogP contribution < -0.4 is 0 Å². The molecule has 1 aliphatic carbocycles. The van der Waals surface area contributed by atoms with E-state index in [9.17, 15) is 4.79 Å². The van der Waals surface area contributed by atoms with Crippen LogP contribution in [0.5, 0.6) is 0 Å². The quantitative estimate of drug-likeness (QED) is 0.608. The van der Waals surface area contributed by atoms with Crippen LogP contribution >= 0.6 is 0 Å². The van der Waals surface area contributed by atoms with Gasteiger partial charge in [-0.3, -0.25) is 4.79 Å². The normalized spacial score (nSPS) is 39.1. The van der Waals surface area contributed by atoms with Gasteiger partial charge in [0.2, 0.25) is 0 Å². The van der Waals surface area contributed by atoms with Crippen LogP contribution in [0.4, 0.5) is 0 Å². The predicted molar refractivity (Wildman–Crippen MR) is 56.2 cm³/mol. The molecule has 0 spiro atoms. The standard InChI is InChI=1S/C11H20N2O/c1-12(2)10-5-4-8-6-13(3)7-9(10)11(8)14/h8-10H,4-7H2,1-3H3. The number of piperidine rings is 1. The smallest absolute Gasteiger partial charge is 0.143 e. The molecule has 2 rings (SSSR count). The molecule has 1 saturated heterocycles. The van der Waals surface area contributed by atoms with Crippen molar-refractivity contribution in [2.75, 3.05) is 34.2 Å². The van der Waals surface area contributed by atoms with Crippen LogP contribution in [-0.2, 0) is 4.79 Å². The molecule has 1 saturated carbocycles. The molecule has 2 fully saturated rings. The van der Waals surface area contributed by atoms with Gasteiger partial charge in [0.1, 0.15) is 5.78 Å². The molecular formula is C11H20N2O. The molecule has 0 amide bonds. The van der Waals surface area contributed by atoms with E-state index in [1.807, 2.05) is 0 Å². The highest BCUT2D eigenvalue weighted by Crippen LogP contribution is 2.33. The molecule has 0 aromatic heterocycles. The first-order valence-electron chi connectivity index (χ1n) is 5.48. The second-order valence-electron chi connectivity index (χ2n) is 5.04. The highest BCUT2D eigenvalue weighted by atomic mass is 16.1. The number of carbonyl (C=O) groups excluding carboxylic acids is 1. The van der Waals surface area contributed by atoms with E-state index in [2.05, 4.69) is 30.9 Å². The van der Waals surface area contributed by atoms with Crippen molar-refractivity contribution in [3.8, 4) is 0 Å². The summed E-state index contributed by atoms with van der Waals surface area (Å²) in [6.45, 7) is 1.94. The van der Waals surface area contributed by atoms with Crippen molar-refractivity contribution in [1.82, 2.24) is 9.80 Å². The van der Waals surface area contributed by atoms with Gasteiger partial charge in [-0.1, -0.05) is 0 Å². The Bertz CT molecular complexity index is 239. The fraction of sp³-hybridized carbons (Fsp3) is 0.909. The molecule has 0 aromatic rings. The first-order chi connectivity index (χ1) is 6.59. The van der Waals surface area contributed by atoms with Crippen molar-refractivity contribution >= 4 is 5.78 Å². The molecule has 1 aliphatic heterocycles. The van der Waals surface area contributed by atoms with Gasteiger partial charge in [0.25, 0.3) is 0 Å². The molecule has 0 aromatic carbocycles.